The van der Waals surface area contributed by atoms with Crippen LogP contribution in [0, 0.1) is 0 Å². The lowest BCUT2D eigenvalue weighted by Crippen LogP contribution is -2.10. The number of hydrogen-bond donors (Lipinski definition) is 2. The highest BCUT2D eigenvalue weighted by Gasteiger charge is 2.09. The standard InChI is InChI=1S/C8H7N3O2/c9-4-1-2-6-5(3-4)11-8(13-6)7(10)12/h1-3H,9H2,(H2,10,12). The predicted octanol–water partition coefficient (Wildman–Crippen LogP) is 0.509. The van der Waals surface area contributed by atoms with Gasteiger partial charge in [-0.1, -0.05) is 0 Å². The van der Waals surface area contributed by atoms with Gasteiger partial charge in [-0.25, -0.2) is 4.98 Å². The summed E-state index contributed by atoms with van der Waals surface area (Å²) in [6.45, 7) is 0. The summed E-state index contributed by atoms with van der Waals surface area (Å²) < 4.78 is 5.04. The number of anilines is 1. The minimum Gasteiger partial charge on any atom is -0.432 e. The second-order valence-corrected chi connectivity index (χ2v) is 2.61. The number of rotatable bonds is 1. The van der Waals surface area contributed by atoms with Crippen molar-refractivity contribution in [3.05, 3.63) is 24.1 Å². The van der Waals surface area contributed by atoms with E-state index >= 15 is 0 Å². The molecule has 0 saturated heterocycles. The van der Waals surface area contributed by atoms with Gasteiger partial charge in [0.25, 0.3) is 5.89 Å². The quantitative estimate of drug-likeness (QED) is 0.620. The Hall–Kier alpha value is -2.04. The van der Waals surface area contributed by atoms with Crippen molar-refractivity contribution in [1.29, 1.82) is 0 Å². The maximum atomic E-state index is 10.7. The normalized spacial score (nSPS) is 10.5. The first-order chi connectivity index (χ1) is 6.16. The van der Waals surface area contributed by atoms with Crippen LogP contribution in [-0.4, -0.2) is 10.9 Å². The summed E-state index contributed by atoms with van der Waals surface area (Å²) in [7, 11) is 0. The van der Waals surface area contributed by atoms with Gasteiger partial charge in [-0.3, -0.25) is 4.79 Å². The molecule has 0 aliphatic rings. The van der Waals surface area contributed by atoms with Crippen LogP contribution in [0.5, 0.6) is 0 Å². The predicted molar refractivity (Wildman–Crippen MR) is 46.9 cm³/mol. The third kappa shape index (κ3) is 1.20. The number of carbonyl (C=O) groups is 1. The lowest BCUT2D eigenvalue weighted by molar-refractivity contribution is 0.0969. The van der Waals surface area contributed by atoms with Crippen molar-refractivity contribution in [2.24, 2.45) is 5.73 Å². The first-order valence-electron chi connectivity index (χ1n) is 3.62. The van der Waals surface area contributed by atoms with E-state index in [2.05, 4.69) is 4.98 Å². The average Bonchev–Trinajstić information content (AvgIpc) is 2.46. The van der Waals surface area contributed by atoms with Gasteiger partial charge in [0.2, 0.25) is 0 Å². The Labute approximate surface area is 73.3 Å². The molecule has 0 unspecified atom stereocenters. The van der Waals surface area contributed by atoms with E-state index in [9.17, 15) is 4.79 Å². The molecule has 1 aromatic heterocycles. The molecule has 0 aliphatic carbocycles. The van der Waals surface area contributed by atoms with E-state index < -0.39 is 5.91 Å². The molecule has 0 fully saturated rings. The molecule has 1 heterocycles. The van der Waals surface area contributed by atoms with Crippen molar-refractivity contribution < 1.29 is 9.21 Å². The fraction of sp³-hybridized carbons (Fsp3) is 0. The molecule has 0 radical (unpaired) electrons. The van der Waals surface area contributed by atoms with E-state index in [4.69, 9.17) is 15.9 Å². The molecule has 0 aliphatic heterocycles. The summed E-state index contributed by atoms with van der Waals surface area (Å²) in [5, 5.41) is 0. The molecule has 0 bridgehead atoms. The Morgan fingerprint density at radius 2 is 2.23 bits per heavy atom. The zero-order valence-electron chi connectivity index (χ0n) is 6.65. The van der Waals surface area contributed by atoms with Crippen LogP contribution in [0.3, 0.4) is 0 Å². The highest BCUT2D eigenvalue weighted by molar-refractivity contribution is 5.91. The van der Waals surface area contributed by atoms with E-state index in [0.29, 0.717) is 16.8 Å². The smallest absolute Gasteiger partial charge is 0.304 e. The fourth-order valence-electron chi connectivity index (χ4n) is 1.05. The molecule has 66 valence electrons. The van der Waals surface area contributed by atoms with Crippen LogP contribution in [0.2, 0.25) is 0 Å². The molecule has 5 nitrogen and oxygen atoms in total. The van der Waals surface area contributed by atoms with E-state index in [1.54, 1.807) is 18.2 Å². The van der Waals surface area contributed by atoms with E-state index in [1.807, 2.05) is 0 Å². The Kier molecular flexibility index (Phi) is 1.45. The first-order valence-corrected chi connectivity index (χ1v) is 3.62. The van der Waals surface area contributed by atoms with Crippen molar-refractivity contribution in [3.8, 4) is 0 Å². The van der Waals surface area contributed by atoms with Crippen LogP contribution in [-0.2, 0) is 0 Å². The fourth-order valence-corrected chi connectivity index (χ4v) is 1.05. The van der Waals surface area contributed by atoms with E-state index in [-0.39, 0.29) is 5.89 Å². The number of nitrogens with two attached hydrogens (primary N) is 2. The maximum Gasteiger partial charge on any atom is 0.304 e. The van der Waals surface area contributed by atoms with Gasteiger partial charge in [0.1, 0.15) is 5.52 Å². The molecule has 0 spiro atoms. The van der Waals surface area contributed by atoms with E-state index in [1.165, 1.54) is 0 Å². The van der Waals surface area contributed by atoms with Gasteiger partial charge in [-0.05, 0) is 18.2 Å². The third-order valence-electron chi connectivity index (χ3n) is 1.62. The minimum atomic E-state index is -0.685. The van der Waals surface area contributed by atoms with Gasteiger partial charge in [0.15, 0.2) is 5.58 Å². The summed E-state index contributed by atoms with van der Waals surface area (Å²) in [6.07, 6.45) is 0. The molecular formula is C8H7N3O2. The number of fused-ring (bicyclic) bond motifs is 1. The lowest BCUT2D eigenvalue weighted by Gasteiger charge is -1.88. The maximum absolute atomic E-state index is 10.7. The Balaban J connectivity index is 2.68. The summed E-state index contributed by atoms with van der Waals surface area (Å²) in [5.41, 5.74) is 12.1. The highest BCUT2D eigenvalue weighted by Crippen LogP contribution is 2.17. The molecule has 1 amide bonds. The average molecular weight is 177 g/mol. The number of oxazole rings is 1. The molecule has 1 aromatic carbocycles. The van der Waals surface area contributed by atoms with Gasteiger partial charge in [-0.2, -0.15) is 0 Å². The number of benzene rings is 1. The van der Waals surface area contributed by atoms with Crippen molar-refractivity contribution in [3.63, 3.8) is 0 Å². The molecule has 13 heavy (non-hydrogen) atoms. The van der Waals surface area contributed by atoms with Crippen LogP contribution in [0.25, 0.3) is 11.1 Å². The highest BCUT2D eigenvalue weighted by atomic mass is 16.4. The zero-order valence-corrected chi connectivity index (χ0v) is 6.65. The molecule has 2 aromatic rings. The lowest BCUT2D eigenvalue weighted by atomic mass is 10.3. The molecule has 2 rings (SSSR count). The van der Waals surface area contributed by atoms with Gasteiger partial charge >= 0.3 is 5.91 Å². The van der Waals surface area contributed by atoms with Crippen molar-refractivity contribution in [1.82, 2.24) is 4.98 Å². The van der Waals surface area contributed by atoms with Crippen LogP contribution < -0.4 is 11.5 Å². The van der Waals surface area contributed by atoms with Crippen LogP contribution >= 0.6 is 0 Å². The van der Waals surface area contributed by atoms with Crippen molar-refractivity contribution in [2.45, 2.75) is 0 Å². The first kappa shape index (κ1) is 7.60. The third-order valence-corrected chi connectivity index (χ3v) is 1.62. The van der Waals surface area contributed by atoms with Crippen LogP contribution in [0.15, 0.2) is 22.6 Å². The second-order valence-electron chi connectivity index (χ2n) is 2.61. The van der Waals surface area contributed by atoms with Gasteiger partial charge in [0.05, 0.1) is 0 Å². The molecule has 4 N–H and O–H groups in total. The zero-order chi connectivity index (χ0) is 9.42. The second kappa shape index (κ2) is 2.48. The number of hydrogen-bond acceptors (Lipinski definition) is 4. The Morgan fingerprint density at radius 1 is 1.46 bits per heavy atom. The summed E-state index contributed by atoms with van der Waals surface area (Å²) in [5.74, 6) is -0.782. The number of aromatic nitrogens is 1. The summed E-state index contributed by atoms with van der Waals surface area (Å²) in [4.78, 5) is 14.5. The Morgan fingerprint density at radius 3 is 2.92 bits per heavy atom. The van der Waals surface area contributed by atoms with Crippen LogP contribution in [0.1, 0.15) is 10.7 Å². The molecule has 0 saturated carbocycles. The van der Waals surface area contributed by atoms with E-state index in [0.717, 1.165) is 0 Å². The number of amides is 1. The topological polar surface area (TPSA) is 95.1 Å². The number of primary amides is 1. The summed E-state index contributed by atoms with van der Waals surface area (Å²) in [6, 6.07) is 4.92. The summed E-state index contributed by atoms with van der Waals surface area (Å²) >= 11 is 0. The van der Waals surface area contributed by atoms with Crippen molar-refractivity contribution >= 4 is 22.7 Å². The largest absolute Gasteiger partial charge is 0.432 e. The van der Waals surface area contributed by atoms with Gasteiger partial charge in [0, 0.05) is 5.69 Å². The monoisotopic (exact) mass is 177 g/mol. The van der Waals surface area contributed by atoms with Crippen molar-refractivity contribution in [2.75, 3.05) is 5.73 Å². The van der Waals surface area contributed by atoms with Crippen LogP contribution in [0.4, 0.5) is 5.69 Å². The number of nitrogen functional groups attached to an aromatic ring is 1. The number of carbonyl (C=O) groups excluding carboxylic acids is 1. The minimum absolute atomic E-state index is 0.0967. The Bertz CT molecular complexity index is 475. The SMILES string of the molecule is NC(=O)c1nc2cc(N)ccc2o1. The van der Waals surface area contributed by atoms with Gasteiger partial charge in [-0.15, -0.1) is 0 Å². The molecule has 0 atom stereocenters. The molecular weight excluding hydrogens is 170 g/mol. The van der Waals surface area contributed by atoms with Gasteiger partial charge < -0.3 is 15.9 Å². The number of nitrogens with zero attached hydrogens (tertiary/aromatic N) is 1. The molecule has 5 heteroatoms.